The predicted molar refractivity (Wildman–Crippen MR) is 59.8 cm³/mol. The molecule has 0 aromatic heterocycles. The van der Waals surface area contributed by atoms with Crippen LogP contribution < -0.4 is 0 Å². The van der Waals surface area contributed by atoms with Gasteiger partial charge in [-0.05, 0) is 20.8 Å². The molecule has 1 atom stereocenters. The van der Waals surface area contributed by atoms with Crippen LogP contribution in [-0.2, 0) is 19.1 Å². The molecule has 1 unspecified atom stereocenters. The van der Waals surface area contributed by atoms with Gasteiger partial charge >= 0.3 is 11.9 Å². The third-order valence-corrected chi connectivity index (χ3v) is 1.32. The van der Waals surface area contributed by atoms with Crippen LogP contribution in [0.1, 0.15) is 20.8 Å². The summed E-state index contributed by atoms with van der Waals surface area (Å²) in [4.78, 5) is 20.3. The molecule has 5 heteroatoms. The number of carbonyl (C=O) groups is 2. The van der Waals surface area contributed by atoms with E-state index in [4.69, 9.17) is 9.84 Å². The van der Waals surface area contributed by atoms with E-state index < -0.39 is 18.2 Å². The van der Waals surface area contributed by atoms with Crippen LogP contribution in [0.25, 0.3) is 0 Å². The number of carboxylic acids is 1. The molecule has 0 aromatic carbocycles. The molecule has 16 heavy (non-hydrogen) atoms. The Morgan fingerprint density at radius 3 is 1.75 bits per heavy atom. The Hall–Kier alpha value is -1.62. The molecule has 92 valence electrons. The Bertz CT molecular complexity index is 268. The fourth-order valence-electron chi connectivity index (χ4n) is 0.299. The molecule has 0 aromatic rings. The molecule has 0 rings (SSSR count). The van der Waals surface area contributed by atoms with Gasteiger partial charge in [-0.15, -0.1) is 0 Å². The average Bonchev–Trinajstić information content (AvgIpc) is 2.18. The van der Waals surface area contributed by atoms with E-state index in [2.05, 4.69) is 17.9 Å². The Balaban J connectivity index is 0. The summed E-state index contributed by atoms with van der Waals surface area (Å²) < 4.78 is 9.39. The van der Waals surface area contributed by atoms with E-state index in [-0.39, 0.29) is 5.57 Å². The van der Waals surface area contributed by atoms with Crippen molar-refractivity contribution in [1.29, 1.82) is 0 Å². The van der Waals surface area contributed by atoms with E-state index in [9.17, 15) is 9.59 Å². The number of carboxylic acid groups (broad SMARTS) is 1. The predicted octanol–water partition coefficient (Wildman–Crippen LogP) is 1.75. The summed E-state index contributed by atoms with van der Waals surface area (Å²) in [5.41, 5.74) is 0.555. The summed E-state index contributed by atoms with van der Waals surface area (Å²) in [5.74, 6) is -1.36. The lowest BCUT2D eigenvalue weighted by atomic mass is 10.4. The minimum atomic E-state index is -0.935. The SMILES string of the molecule is C=C(C)C(=O)O.C=C(C)C(=O)OC(C)OC. The Morgan fingerprint density at radius 2 is 1.56 bits per heavy atom. The monoisotopic (exact) mass is 230 g/mol. The van der Waals surface area contributed by atoms with E-state index in [0.717, 1.165) is 0 Å². The topological polar surface area (TPSA) is 72.8 Å². The number of esters is 1. The maximum absolute atomic E-state index is 10.7. The number of methoxy groups -OCH3 is 1. The van der Waals surface area contributed by atoms with Gasteiger partial charge in [0.05, 0.1) is 0 Å². The maximum atomic E-state index is 10.7. The zero-order valence-corrected chi connectivity index (χ0v) is 10.1. The summed E-state index contributed by atoms with van der Waals surface area (Å²) in [7, 11) is 1.47. The van der Waals surface area contributed by atoms with E-state index in [1.165, 1.54) is 14.0 Å². The summed E-state index contributed by atoms with van der Waals surface area (Å²) >= 11 is 0. The molecule has 0 saturated heterocycles. The Labute approximate surface area is 95.4 Å². The number of carbonyl (C=O) groups excluding carboxylic acids is 1. The highest BCUT2D eigenvalue weighted by molar-refractivity contribution is 5.87. The van der Waals surface area contributed by atoms with Gasteiger partial charge in [-0.25, -0.2) is 9.59 Å². The van der Waals surface area contributed by atoms with Crippen LogP contribution in [0.5, 0.6) is 0 Å². The number of aliphatic carboxylic acids is 1. The molecule has 0 fully saturated rings. The van der Waals surface area contributed by atoms with Gasteiger partial charge in [0.2, 0.25) is 0 Å². The van der Waals surface area contributed by atoms with Crippen LogP contribution in [0.15, 0.2) is 24.3 Å². The fraction of sp³-hybridized carbons (Fsp3) is 0.455. The minimum Gasteiger partial charge on any atom is -0.478 e. The van der Waals surface area contributed by atoms with Crippen LogP contribution in [0.3, 0.4) is 0 Å². The first kappa shape index (κ1) is 16.8. The lowest BCUT2D eigenvalue weighted by Crippen LogP contribution is -2.16. The zero-order chi connectivity index (χ0) is 13.3. The van der Waals surface area contributed by atoms with E-state index in [1.807, 2.05) is 0 Å². The average molecular weight is 230 g/mol. The number of ether oxygens (including phenoxy) is 2. The summed E-state index contributed by atoms with van der Waals surface area (Å²) in [6, 6.07) is 0. The van der Waals surface area contributed by atoms with E-state index >= 15 is 0 Å². The van der Waals surface area contributed by atoms with Gasteiger partial charge in [-0.1, -0.05) is 13.2 Å². The normalized spacial score (nSPS) is 10.5. The molecular weight excluding hydrogens is 212 g/mol. The molecule has 0 radical (unpaired) electrons. The lowest BCUT2D eigenvalue weighted by Gasteiger charge is -2.09. The zero-order valence-electron chi connectivity index (χ0n) is 10.1. The smallest absolute Gasteiger partial charge is 0.335 e. The molecule has 0 aliphatic heterocycles. The number of hydrogen-bond acceptors (Lipinski definition) is 4. The maximum Gasteiger partial charge on any atom is 0.335 e. The molecule has 1 N–H and O–H groups in total. The highest BCUT2D eigenvalue weighted by Gasteiger charge is 2.07. The summed E-state index contributed by atoms with van der Waals surface area (Å²) in [6.45, 7) is 11.2. The van der Waals surface area contributed by atoms with Crippen molar-refractivity contribution in [3.8, 4) is 0 Å². The summed E-state index contributed by atoms with van der Waals surface area (Å²) in [5, 5.41) is 7.89. The van der Waals surface area contributed by atoms with E-state index in [1.54, 1.807) is 13.8 Å². The molecule has 0 aliphatic rings. The van der Waals surface area contributed by atoms with Crippen LogP contribution >= 0.6 is 0 Å². The number of hydrogen-bond donors (Lipinski definition) is 1. The van der Waals surface area contributed by atoms with Crippen molar-refractivity contribution in [2.45, 2.75) is 27.1 Å². The standard InChI is InChI=1S/C7H12O3.C4H6O2/c1-5(2)7(8)10-6(3)9-4;1-3(2)4(5)6/h6H,1H2,2-4H3;1H2,2H3,(H,5,6). The van der Waals surface area contributed by atoms with Crippen LogP contribution in [0.4, 0.5) is 0 Å². The van der Waals surface area contributed by atoms with Crippen molar-refractivity contribution < 1.29 is 24.2 Å². The van der Waals surface area contributed by atoms with Crippen LogP contribution in [-0.4, -0.2) is 30.4 Å². The van der Waals surface area contributed by atoms with Gasteiger partial charge in [-0.3, -0.25) is 0 Å². The second-order valence-electron chi connectivity index (χ2n) is 3.07. The lowest BCUT2D eigenvalue weighted by molar-refractivity contribution is -0.164. The molecule has 5 nitrogen and oxygen atoms in total. The van der Waals surface area contributed by atoms with Crippen molar-refractivity contribution in [3.63, 3.8) is 0 Å². The molecule has 0 spiro atoms. The quantitative estimate of drug-likeness (QED) is 0.452. The van der Waals surface area contributed by atoms with Gasteiger partial charge in [0.1, 0.15) is 0 Å². The third kappa shape index (κ3) is 10.5. The van der Waals surface area contributed by atoms with Crippen LogP contribution in [0, 0.1) is 0 Å². The van der Waals surface area contributed by atoms with Crippen molar-refractivity contribution in [1.82, 2.24) is 0 Å². The minimum absolute atomic E-state index is 0.176. The van der Waals surface area contributed by atoms with E-state index in [0.29, 0.717) is 5.57 Å². The highest BCUT2D eigenvalue weighted by Crippen LogP contribution is 1.97. The molecular formula is C11H18O5. The van der Waals surface area contributed by atoms with Gasteiger partial charge in [-0.2, -0.15) is 0 Å². The molecule has 0 saturated carbocycles. The second kappa shape index (κ2) is 8.67. The molecule has 0 aliphatic carbocycles. The largest absolute Gasteiger partial charge is 0.478 e. The Kier molecular flexibility index (Phi) is 9.10. The van der Waals surface area contributed by atoms with Gasteiger partial charge in [0.15, 0.2) is 6.29 Å². The first-order valence-electron chi connectivity index (χ1n) is 4.50. The van der Waals surface area contributed by atoms with Crippen molar-refractivity contribution in [2.75, 3.05) is 7.11 Å². The number of rotatable bonds is 4. The molecule has 0 heterocycles. The van der Waals surface area contributed by atoms with Crippen molar-refractivity contribution in [2.24, 2.45) is 0 Å². The third-order valence-electron chi connectivity index (χ3n) is 1.32. The Morgan fingerprint density at radius 1 is 1.19 bits per heavy atom. The van der Waals surface area contributed by atoms with Crippen LogP contribution in [0.2, 0.25) is 0 Å². The second-order valence-corrected chi connectivity index (χ2v) is 3.07. The van der Waals surface area contributed by atoms with Gasteiger partial charge < -0.3 is 14.6 Å². The summed E-state index contributed by atoms with van der Waals surface area (Å²) in [6.07, 6.45) is -0.496. The van der Waals surface area contributed by atoms with Crippen molar-refractivity contribution in [3.05, 3.63) is 24.3 Å². The fourth-order valence-corrected chi connectivity index (χ4v) is 0.299. The van der Waals surface area contributed by atoms with Crippen molar-refractivity contribution >= 4 is 11.9 Å². The van der Waals surface area contributed by atoms with Gasteiger partial charge in [0, 0.05) is 18.3 Å². The van der Waals surface area contributed by atoms with Gasteiger partial charge in [0.25, 0.3) is 0 Å². The first-order valence-corrected chi connectivity index (χ1v) is 4.50. The molecule has 0 bridgehead atoms. The first-order chi connectivity index (χ1) is 7.22. The molecule has 0 amide bonds. The highest BCUT2D eigenvalue weighted by atomic mass is 16.7.